The van der Waals surface area contributed by atoms with Gasteiger partial charge in [0.1, 0.15) is 22.9 Å². The normalized spacial score (nSPS) is 11.0. The molecule has 0 spiro atoms. The molecule has 0 unspecified atom stereocenters. The van der Waals surface area contributed by atoms with E-state index in [1.807, 2.05) is 42.5 Å². The van der Waals surface area contributed by atoms with Crippen molar-refractivity contribution in [3.05, 3.63) is 64.9 Å². The van der Waals surface area contributed by atoms with Gasteiger partial charge in [0.15, 0.2) is 5.65 Å². The fraction of sp³-hybridized carbons (Fsp3) is 0.174. The quantitative estimate of drug-likeness (QED) is 0.203. The van der Waals surface area contributed by atoms with Gasteiger partial charge >= 0.3 is 24.3 Å². The third kappa shape index (κ3) is 10.0. The van der Waals surface area contributed by atoms with Crippen molar-refractivity contribution in [2.75, 3.05) is 12.4 Å². The van der Waals surface area contributed by atoms with Crippen LogP contribution < -0.4 is 10.1 Å². The monoisotopic (exact) mass is 637 g/mol. The molecule has 0 bridgehead atoms. The van der Waals surface area contributed by atoms with Crippen molar-refractivity contribution in [1.29, 1.82) is 0 Å². The third-order valence-electron chi connectivity index (χ3n) is 4.43. The standard InChI is InChI=1S/C19H16BrN5O.2C2HF3O2/c1-26-15-4-2-3-12(7-15)9-21-17-6-5-13(10-22-17)18-24-16-8-14(20)11-23-19(16)25-18;2*3-2(4,5)1(6)7/h2-8,10-11H,9H2,1H3,(H,21,22)(H,23,24,25);2*(H,6,7). The number of aromatic nitrogens is 4. The van der Waals surface area contributed by atoms with Gasteiger partial charge in [0.2, 0.25) is 0 Å². The Morgan fingerprint density at radius 3 is 2.12 bits per heavy atom. The molecule has 0 saturated carbocycles. The minimum Gasteiger partial charge on any atom is -0.497 e. The van der Waals surface area contributed by atoms with Crippen LogP contribution in [0.5, 0.6) is 5.75 Å². The van der Waals surface area contributed by atoms with Gasteiger partial charge in [-0.15, -0.1) is 0 Å². The number of ether oxygens (including phenoxy) is 1. The SMILES string of the molecule is COc1cccc(CNc2ccc(-c3nc4cc(Br)cnc4[nH]3)cn2)c1.O=C(O)C(F)(F)F.O=C(O)C(F)(F)F. The second kappa shape index (κ2) is 13.6. The number of carbonyl (C=O) groups is 2. The molecule has 40 heavy (non-hydrogen) atoms. The van der Waals surface area contributed by atoms with Gasteiger partial charge in [-0.3, -0.25) is 0 Å². The second-order valence-corrected chi connectivity index (χ2v) is 8.27. The predicted molar refractivity (Wildman–Crippen MR) is 133 cm³/mol. The fourth-order valence-electron chi connectivity index (χ4n) is 2.62. The fourth-order valence-corrected chi connectivity index (χ4v) is 2.94. The number of hydrogen-bond acceptors (Lipinski definition) is 7. The van der Waals surface area contributed by atoms with E-state index in [1.54, 1.807) is 19.5 Å². The van der Waals surface area contributed by atoms with E-state index in [0.29, 0.717) is 6.54 Å². The van der Waals surface area contributed by atoms with Gasteiger partial charge in [0.25, 0.3) is 0 Å². The largest absolute Gasteiger partial charge is 0.497 e. The maximum atomic E-state index is 10.6. The molecule has 0 radical (unpaired) electrons. The highest BCUT2D eigenvalue weighted by molar-refractivity contribution is 9.10. The van der Waals surface area contributed by atoms with Crippen molar-refractivity contribution in [2.24, 2.45) is 0 Å². The van der Waals surface area contributed by atoms with Gasteiger partial charge < -0.3 is 25.3 Å². The molecule has 4 aromatic rings. The molecule has 17 heteroatoms. The number of carboxylic acids is 2. The number of aliphatic carboxylic acids is 2. The van der Waals surface area contributed by atoms with E-state index in [2.05, 4.69) is 41.2 Å². The molecular weight excluding hydrogens is 620 g/mol. The van der Waals surface area contributed by atoms with Crippen LogP contribution >= 0.6 is 15.9 Å². The van der Waals surface area contributed by atoms with Crippen molar-refractivity contribution >= 4 is 44.9 Å². The molecule has 0 saturated heterocycles. The minimum atomic E-state index is -5.08. The van der Waals surface area contributed by atoms with Crippen LogP contribution in [0.15, 0.2) is 59.3 Å². The van der Waals surface area contributed by atoms with E-state index in [0.717, 1.165) is 44.2 Å². The molecule has 3 heterocycles. The van der Waals surface area contributed by atoms with Gasteiger partial charge in [-0.1, -0.05) is 12.1 Å². The molecule has 0 aliphatic heterocycles. The summed E-state index contributed by atoms with van der Waals surface area (Å²) in [7, 11) is 1.67. The van der Waals surface area contributed by atoms with Crippen LogP contribution in [0.1, 0.15) is 5.56 Å². The van der Waals surface area contributed by atoms with Crippen LogP contribution in [0.3, 0.4) is 0 Å². The van der Waals surface area contributed by atoms with Crippen LogP contribution in [0.2, 0.25) is 0 Å². The smallest absolute Gasteiger partial charge is 0.490 e. The van der Waals surface area contributed by atoms with Crippen molar-refractivity contribution in [1.82, 2.24) is 19.9 Å². The number of fused-ring (bicyclic) bond motifs is 1. The number of pyridine rings is 2. The first-order valence-electron chi connectivity index (χ1n) is 10.5. The highest BCUT2D eigenvalue weighted by atomic mass is 79.9. The maximum absolute atomic E-state index is 10.6. The number of nitrogens with one attached hydrogen (secondary N) is 2. The van der Waals surface area contributed by atoms with E-state index in [4.69, 9.17) is 24.5 Å². The average Bonchev–Trinajstić information content (AvgIpc) is 3.31. The number of anilines is 1. The molecule has 0 aliphatic carbocycles. The number of imidazole rings is 1. The molecule has 3 aromatic heterocycles. The Morgan fingerprint density at radius 1 is 0.975 bits per heavy atom. The van der Waals surface area contributed by atoms with Gasteiger partial charge in [-0.05, 0) is 51.8 Å². The number of halogens is 7. The lowest BCUT2D eigenvalue weighted by molar-refractivity contribution is -0.193. The van der Waals surface area contributed by atoms with Crippen LogP contribution in [-0.2, 0) is 16.1 Å². The van der Waals surface area contributed by atoms with Crippen molar-refractivity contribution in [2.45, 2.75) is 18.9 Å². The highest BCUT2D eigenvalue weighted by Gasteiger charge is 2.38. The molecule has 10 nitrogen and oxygen atoms in total. The van der Waals surface area contributed by atoms with Gasteiger partial charge in [-0.2, -0.15) is 26.3 Å². The molecular formula is C23H18BrF6N5O5. The molecule has 0 fully saturated rings. The van der Waals surface area contributed by atoms with E-state index in [1.165, 1.54) is 0 Å². The van der Waals surface area contributed by atoms with Crippen LogP contribution in [0.25, 0.3) is 22.6 Å². The molecule has 4 N–H and O–H groups in total. The van der Waals surface area contributed by atoms with Gasteiger partial charge in [0, 0.05) is 29.0 Å². The summed E-state index contributed by atoms with van der Waals surface area (Å²) in [6, 6.07) is 13.8. The summed E-state index contributed by atoms with van der Waals surface area (Å²) in [5.41, 5.74) is 3.60. The van der Waals surface area contributed by atoms with E-state index in [9.17, 15) is 26.3 Å². The summed E-state index contributed by atoms with van der Waals surface area (Å²) < 4.78 is 69.6. The first kappa shape index (κ1) is 31.8. The summed E-state index contributed by atoms with van der Waals surface area (Å²) in [6.07, 6.45) is -6.63. The number of aromatic amines is 1. The number of carboxylic acid groups (broad SMARTS) is 2. The first-order valence-corrected chi connectivity index (χ1v) is 11.3. The third-order valence-corrected chi connectivity index (χ3v) is 4.87. The zero-order chi connectivity index (χ0) is 30.1. The molecule has 0 aliphatic rings. The molecule has 4 rings (SSSR count). The number of rotatable bonds is 5. The summed E-state index contributed by atoms with van der Waals surface area (Å²) >= 11 is 3.41. The van der Waals surface area contributed by atoms with Gasteiger partial charge in [0.05, 0.1) is 7.11 Å². The van der Waals surface area contributed by atoms with Crippen molar-refractivity contribution in [3.63, 3.8) is 0 Å². The zero-order valence-electron chi connectivity index (χ0n) is 20.0. The minimum absolute atomic E-state index is 0.673. The number of benzene rings is 1. The summed E-state index contributed by atoms with van der Waals surface area (Å²) in [4.78, 5) is 34.3. The Morgan fingerprint density at radius 2 is 1.60 bits per heavy atom. The predicted octanol–water partition coefficient (Wildman–Crippen LogP) is 5.67. The molecule has 214 valence electrons. The second-order valence-electron chi connectivity index (χ2n) is 7.35. The van der Waals surface area contributed by atoms with Crippen LogP contribution in [0, 0.1) is 0 Å². The van der Waals surface area contributed by atoms with Crippen LogP contribution in [-0.4, -0.2) is 61.5 Å². The van der Waals surface area contributed by atoms with Crippen molar-refractivity contribution in [3.8, 4) is 17.1 Å². The lowest BCUT2D eigenvalue weighted by atomic mass is 10.2. The Labute approximate surface area is 229 Å². The van der Waals surface area contributed by atoms with E-state index < -0.39 is 24.3 Å². The number of methoxy groups -OCH3 is 1. The highest BCUT2D eigenvalue weighted by Crippen LogP contribution is 2.22. The lowest BCUT2D eigenvalue weighted by Gasteiger charge is -2.07. The zero-order valence-corrected chi connectivity index (χ0v) is 21.6. The van der Waals surface area contributed by atoms with E-state index in [-0.39, 0.29) is 0 Å². The number of H-pyrrole nitrogens is 1. The molecule has 1 aromatic carbocycles. The van der Waals surface area contributed by atoms with Gasteiger partial charge in [-0.25, -0.2) is 24.5 Å². The summed E-state index contributed by atoms with van der Waals surface area (Å²) in [5, 5.41) is 17.6. The Kier molecular flexibility index (Phi) is 10.8. The Hall–Kier alpha value is -4.41. The summed E-state index contributed by atoms with van der Waals surface area (Å²) in [6.45, 7) is 0.673. The number of alkyl halides is 6. The summed E-state index contributed by atoms with van der Waals surface area (Å²) in [5.74, 6) is -3.12. The van der Waals surface area contributed by atoms with Crippen LogP contribution in [0.4, 0.5) is 32.2 Å². The first-order chi connectivity index (χ1) is 18.6. The lowest BCUT2D eigenvalue weighted by Crippen LogP contribution is -2.21. The Bertz CT molecular complexity index is 1420. The number of nitrogens with zero attached hydrogens (tertiary/aromatic N) is 3. The Balaban J connectivity index is 0.000000333. The number of hydrogen-bond donors (Lipinski definition) is 4. The molecule has 0 amide bonds. The average molecular weight is 638 g/mol. The maximum Gasteiger partial charge on any atom is 0.490 e. The topological polar surface area (TPSA) is 150 Å². The van der Waals surface area contributed by atoms with Crippen molar-refractivity contribution < 1.29 is 50.9 Å². The van der Waals surface area contributed by atoms with E-state index >= 15 is 0 Å². The molecule has 0 atom stereocenters.